The lowest BCUT2D eigenvalue weighted by Gasteiger charge is -2.15. The number of aromatic hydroxyl groups is 2. The number of nitrogens with one attached hydrogen (secondary N) is 4. The molecule has 2 aromatic carbocycles. The molecule has 0 fully saturated rings. The highest BCUT2D eigenvalue weighted by Crippen LogP contribution is 2.30. The highest BCUT2D eigenvalue weighted by Gasteiger charge is 2.12. The molecule has 0 aliphatic carbocycles. The molecule has 0 aromatic heterocycles. The molecule has 28 heavy (non-hydrogen) atoms. The van der Waals surface area contributed by atoms with Crippen LogP contribution in [0.15, 0.2) is 36.4 Å². The lowest BCUT2D eigenvalue weighted by atomic mass is 10.1. The summed E-state index contributed by atoms with van der Waals surface area (Å²) >= 11 is 0. The van der Waals surface area contributed by atoms with Gasteiger partial charge in [0.25, 0.3) is 0 Å². The minimum absolute atomic E-state index is 0.0613. The van der Waals surface area contributed by atoms with Crippen LogP contribution in [0.4, 0.5) is 0 Å². The van der Waals surface area contributed by atoms with Gasteiger partial charge in [-0.05, 0) is 49.5 Å². The Morgan fingerprint density at radius 3 is 1.50 bits per heavy atom. The molecule has 10 nitrogen and oxygen atoms in total. The highest BCUT2D eigenvalue weighted by atomic mass is 16.8. The van der Waals surface area contributed by atoms with Crippen molar-refractivity contribution in [3.63, 3.8) is 0 Å². The average molecular weight is 394 g/mol. The van der Waals surface area contributed by atoms with Gasteiger partial charge in [0, 0.05) is 13.1 Å². The molecule has 0 bridgehead atoms. The fourth-order valence-corrected chi connectivity index (χ4v) is 2.41. The number of benzene rings is 2. The standard InChI is InChI=1S/C18H26N4O6/c1-19-9-15(25)11-3-5-13(23)17(7-11)27-21-22-28-18-8-12(4-6-14(18)24)16(26)10-20-2/h3-8,15-16,19-26H,9-10H2,1-2H3. The molecule has 2 aromatic rings. The van der Waals surface area contributed by atoms with Crippen molar-refractivity contribution in [3.05, 3.63) is 47.5 Å². The molecule has 0 radical (unpaired) electrons. The van der Waals surface area contributed by atoms with Gasteiger partial charge in [-0.1, -0.05) is 23.3 Å². The van der Waals surface area contributed by atoms with Crippen LogP contribution >= 0.6 is 0 Å². The van der Waals surface area contributed by atoms with Gasteiger partial charge in [0.05, 0.1) is 12.2 Å². The van der Waals surface area contributed by atoms with Crippen LogP contribution in [-0.2, 0) is 0 Å². The number of phenolic OH excluding ortho intramolecular Hbond substituents is 2. The molecule has 154 valence electrons. The van der Waals surface area contributed by atoms with Crippen molar-refractivity contribution in [1.82, 2.24) is 21.8 Å². The van der Waals surface area contributed by atoms with Crippen molar-refractivity contribution in [2.24, 2.45) is 0 Å². The third-order valence-electron chi connectivity index (χ3n) is 3.90. The van der Waals surface area contributed by atoms with E-state index in [1.54, 1.807) is 26.2 Å². The zero-order chi connectivity index (χ0) is 20.5. The minimum atomic E-state index is -0.763. The first kappa shape index (κ1) is 21.7. The van der Waals surface area contributed by atoms with Crippen LogP contribution in [0.1, 0.15) is 23.3 Å². The summed E-state index contributed by atoms with van der Waals surface area (Å²) in [6.45, 7) is 0.683. The predicted molar refractivity (Wildman–Crippen MR) is 102 cm³/mol. The second-order valence-corrected chi connectivity index (χ2v) is 6.01. The Morgan fingerprint density at radius 2 is 1.14 bits per heavy atom. The monoisotopic (exact) mass is 394 g/mol. The summed E-state index contributed by atoms with van der Waals surface area (Å²) in [5.41, 5.74) is 5.65. The van der Waals surface area contributed by atoms with E-state index in [2.05, 4.69) is 21.8 Å². The number of rotatable bonds is 11. The van der Waals surface area contributed by atoms with E-state index in [1.165, 1.54) is 24.3 Å². The van der Waals surface area contributed by atoms with Crippen molar-refractivity contribution < 1.29 is 30.1 Å². The van der Waals surface area contributed by atoms with Crippen molar-refractivity contribution in [3.8, 4) is 23.0 Å². The van der Waals surface area contributed by atoms with E-state index in [1.807, 2.05) is 0 Å². The van der Waals surface area contributed by atoms with Gasteiger partial charge >= 0.3 is 0 Å². The lowest BCUT2D eigenvalue weighted by molar-refractivity contribution is 0.0176. The lowest BCUT2D eigenvalue weighted by Crippen LogP contribution is -2.37. The topological polar surface area (TPSA) is 148 Å². The Morgan fingerprint density at radius 1 is 0.750 bits per heavy atom. The number of hydrogen-bond acceptors (Lipinski definition) is 10. The Kier molecular flexibility index (Phi) is 8.26. The largest absolute Gasteiger partial charge is 0.504 e. The third-order valence-corrected chi connectivity index (χ3v) is 3.90. The molecule has 0 saturated heterocycles. The number of hydrogen-bond donors (Lipinski definition) is 8. The summed E-state index contributed by atoms with van der Waals surface area (Å²) in [7, 11) is 3.43. The molecular weight excluding hydrogens is 368 g/mol. The molecule has 0 amide bonds. The number of aliphatic hydroxyl groups is 2. The van der Waals surface area contributed by atoms with E-state index in [9.17, 15) is 20.4 Å². The molecule has 0 heterocycles. The van der Waals surface area contributed by atoms with Crippen molar-refractivity contribution in [2.45, 2.75) is 12.2 Å². The average Bonchev–Trinajstić information content (AvgIpc) is 2.68. The Labute approximate surface area is 162 Å². The first-order valence-corrected chi connectivity index (χ1v) is 8.61. The fourth-order valence-electron chi connectivity index (χ4n) is 2.41. The summed E-state index contributed by atoms with van der Waals surface area (Å²) < 4.78 is 0. The summed E-state index contributed by atoms with van der Waals surface area (Å²) in [5.74, 6) is -0.165. The maximum atomic E-state index is 9.98. The summed E-state index contributed by atoms with van der Waals surface area (Å²) in [6, 6.07) is 8.88. The SMILES string of the molecule is CNCC(O)c1ccc(O)c(ONNOc2cc(C(O)CNC)ccc2O)c1. The van der Waals surface area contributed by atoms with Crippen molar-refractivity contribution in [2.75, 3.05) is 27.2 Å². The molecule has 2 unspecified atom stereocenters. The van der Waals surface area contributed by atoms with Crippen LogP contribution in [0.25, 0.3) is 0 Å². The Hall–Kier alpha value is -2.60. The second kappa shape index (κ2) is 10.7. The molecule has 0 spiro atoms. The summed E-state index contributed by atoms with van der Waals surface area (Å²) in [4.78, 5) is 10.3. The van der Waals surface area contributed by atoms with E-state index in [4.69, 9.17) is 9.68 Å². The van der Waals surface area contributed by atoms with Crippen LogP contribution in [-0.4, -0.2) is 47.6 Å². The van der Waals surface area contributed by atoms with Gasteiger partial charge in [-0.2, -0.15) is 0 Å². The van der Waals surface area contributed by atoms with Gasteiger partial charge in [-0.25, -0.2) is 0 Å². The van der Waals surface area contributed by atoms with Gasteiger partial charge in [-0.3, -0.25) is 0 Å². The minimum Gasteiger partial charge on any atom is -0.504 e. The Bertz CT molecular complexity index is 697. The van der Waals surface area contributed by atoms with E-state index in [0.717, 1.165) is 0 Å². The normalized spacial score (nSPS) is 13.1. The maximum Gasteiger partial charge on any atom is 0.191 e. The molecule has 8 N–H and O–H groups in total. The molecule has 10 heteroatoms. The maximum absolute atomic E-state index is 9.98. The van der Waals surface area contributed by atoms with Crippen LogP contribution < -0.4 is 31.5 Å². The van der Waals surface area contributed by atoms with Crippen LogP contribution in [0.3, 0.4) is 0 Å². The van der Waals surface area contributed by atoms with Gasteiger partial charge in [0.15, 0.2) is 23.0 Å². The van der Waals surface area contributed by atoms with E-state index >= 15 is 0 Å². The number of aliphatic hydroxyl groups excluding tert-OH is 2. The molecule has 0 aliphatic heterocycles. The van der Waals surface area contributed by atoms with Gasteiger partial charge in [0.2, 0.25) is 0 Å². The third kappa shape index (κ3) is 5.96. The van der Waals surface area contributed by atoms with Gasteiger partial charge in [-0.15, -0.1) is 0 Å². The first-order chi connectivity index (χ1) is 13.5. The highest BCUT2D eigenvalue weighted by molar-refractivity contribution is 5.43. The van der Waals surface area contributed by atoms with Gasteiger partial charge < -0.3 is 40.7 Å². The van der Waals surface area contributed by atoms with E-state index < -0.39 is 12.2 Å². The summed E-state index contributed by atoms with van der Waals surface area (Å²) in [6.07, 6.45) is -1.53. The van der Waals surface area contributed by atoms with E-state index in [-0.39, 0.29) is 23.0 Å². The molecule has 0 aliphatic rings. The molecule has 2 atom stereocenters. The number of hydrazine groups is 1. The fraction of sp³-hybridized carbons (Fsp3) is 0.333. The van der Waals surface area contributed by atoms with Crippen LogP contribution in [0.5, 0.6) is 23.0 Å². The zero-order valence-corrected chi connectivity index (χ0v) is 15.6. The number of likely N-dealkylation sites (N-methyl/N-ethyl adjacent to an activating group) is 2. The Balaban J connectivity index is 1.94. The van der Waals surface area contributed by atoms with E-state index in [0.29, 0.717) is 24.2 Å². The van der Waals surface area contributed by atoms with Crippen molar-refractivity contribution in [1.29, 1.82) is 0 Å². The van der Waals surface area contributed by atoms with Gasteiger partial charge in [0.1, 0.15) is 0 Å². The molecule has 0 saturated carbocycles. The first-order valence-electron chi connectivity index (χ1n) is 8.61. The molecular formula is C18H26N4O6. The van der Waals surface area contributed by atoms with Crippen LogP contribution in [0, 0.1) is 0 Å². The number of phenols is 2. The molecule has 2 rings (SSSR count). The van der Waals surface area contributed by atoms with Crippen LogP contribution in [0.2, 0.25) is 0 Å². The predicted octanol–water partition coefficient (Wildman–Crippen LogP) is -0.0146. The quantitative estimate of drug-likeness (QED) is 0.193. The zero-order valence-electron chi connectivity index (χ0n) is 15.6. The van der Waals surface area contributed by atoms with Crippen molar-refractivity contribution >= 4 is 0 Å². The summed E-state index contributed by atoms with van der Waals surface area (Å²) in [5, 5.41) is 45.4. The second-order valence-electron chi connectivity index (χ2n) is 6.01. The smallest absolute Gasteiger partial charge is 0.191 e.